The number of benzene rings is 2. The van der Waals surface area contributed by atoms with Crippen LogP contribution in [-0.2, 0) is 6.42 Å². The van der Waals surface area contributed by atoms with Crippen LogP contribution in [-0.4, -0.2) is 31.1 Å². The lowest BCUT2D eigenvalue weighted by Crippen LogP contribution is -2.28. The summed E-state index contributed by atoms with van der Waals surface area (Å²) >= 11 is 0. The van der Waals surface area contributed by atoms with Crippen LogP contribution in [0.1, 0.15) is 25.5 Å². The lowest BCUT2D eigenvalue weighted by atomic mass is 10.0. The second-order valence-electron chi connectivity index (χ2n) is 6.97. The van der Waals surface area contributed by atoms with Crippen LogP contribution in [0.5, 0.6) is 5.75 Å². The van der Waals surface area contributed by atoms with Crippen LogP contribution in [0.15, 0.2) is 52.9 Å². The van der Waals surface area contributed by atoms with Crippen molar-refractivity contribution in [1.82, 2.24) is 4.90 Å². The minimum absolute atomic E-state index is 0.712. The fourth-order valence-corrected chi connectivity index (χ4v) is 3.78. The summed E-state index contributed by atoms with van der Waals surface area (Å²) in [6.45, 7) is 4.64. The van der Waals surface area contributed by atoms with Crippen molar-refractivity contribution in [2.75, 3.05) is 20.2 Å². The molecule has 0 spiro atoms. The Bertz CT molecular complexity index is 867. The highest BCUT2D eigenvalue weighted by Gasteiger charge is 2.20. The number of rotatable bonds is 5. The van der Waals surface area contributed by atoms with E-state index in [-0.39, 0.29) is 0 Å². The smallest absolute Gasteiger partial charge is 0.134 e. The van der Waals surface area contributed by atoms with Crippen molar-refractivity contribution in [2.45, 2.75) is 32.2 Å². The molecule has 0 radical (unpaired) electrons. The van der Waals surface area contributed by atoms with Crippen LogP contribution < -0.4 is 4.74 Å². The molecule has 4 rings (SSSR count). The molecular weight excluding hydrogens is 310 g/mol. The normalized spacial score (nSPS) is 18.1. The molecule has 1 unspecified atom stereocenters. The number of hydrogen-bond donors (Lipinski definition) is 0. The highest BCUT2D eigenvalue weighted by atomic mass is 16.5. The fraction of sp³-hybridized carbons (Fsp3) is 0.364. The molecule has 130 valence electrons. The molecule has 2 heterocycles. The molecule has 0 saturated carbocycles. The van der Waals surface area contributed by atoms with Crippen molar-refractivity contribution in [3.05, 3.63) is 54.3 Å². The zero-order valence-electron chi connectivity index (χ0n) is 15.0. The Morgan fingerprint density at radius 1 is 1.12 bits per heavy atom. The number of ether oxygens (including phenoxy) is 1. The standard InChI is InChI=1S/C22H25NO2/c1-16-5-4-11-23(16)12-10-21-15-19-13-18(8-9-22(19)25-21)17-6-3-7-20(14-17)24-2/h3,6-9,13-16H,4-5,10-12H2,1-2H3. The Balaban J connectivity index is 1.54. The van der Waals surface area contributed by atoms with Gasteiger partial charge in [0.25, 0.3) is 0 Å². The lowest BCUT2D eigenvalue weighted by molar-refractivity contribution is 0.266. The summed E-state index contributed by atoms with van der Waals surface area (Å²) in [7, 11) is 1.70. The van der Waals surface area contributed by atoms with E-state index in [9.17, 15) is 0 Å². The summed E-state index contributed by atoms with van der Waals surface area (Å²) in [6, 6.07) is 17.5. The third-order valence-corrected chi connectivity index (χ3v) is 5.31. The largest absolute Gasteiger partial charge is 0.497 e. The van der Waals surface area contributed by atoms with E-state index in [4.69, 9.17) is 9.15 Å². The average Bonchev–Trinajstić information content (AvgIpc) is 3.24. The highest BCUT2D eigenvalue weighted by Crippen LogP contribution is 2.29. The van der Waals surface area contributed by atoms with Gasteiger partial charge in [0.05, 0.1) is 7.11 Å². The first-order valence-electron chi connectivity index (χ1n) is 9.14. The second kappa shape index (κ2) is 6.93. The van der Waals surface area contributed by atoms with Crippen molar-refractivity contribution >= 4 is 11.0 Å². The second-order valence-corrected chi connectivity index (χ2v) is 6.97. The third-order valence-electron chi connectivity index (χ3n) is 5.31. The first kappa shape index (κ1) is 16.2. The Kier molecular flexibility index (Phi) is 4.50. The summed E-state index contributed by atoms with van der Waals surface area (Å²) in [5.74, 6) is 1.96. The molecule has 0 amide bonds. The van der Waals surface area contributed by atoms with Gasteiger partial charge in [0, 0.05) is 24.4 Å². The van der Waals surface area contributed by atoms with E-state index in [1.807, 2.05) is 12.1 Å². The topological polar surface area (TPSA) is 25.6 Å². The molecule has 1 atom stereocenters. The van der Waals surface area contributed by atoms with Crippen LogP contribution in [0.3, 0.4) is 0 Å². The Hall–Kier alpha value is -2.26. The van der Waals surface area contributed by atoms with Gasteiger partial charge in [0.15, 0.2) is 0 Å². The van der Waals surface area contributed by atoms with E-state index in [0.29, 0.717) is 6.04 Å². The van der Waals surface area contributed by atoms with Crippen LogP contribution in [0.4, 0.5) is 0 Å². The van der Waals surface area contributed by atoms with Gasteiger partial charge in [-0.1, -0.05) is 18.2 Å². The van der Waals surface area contributed by atoms with Crippen molar-refractivity contribution in [3.63, 3.8) is 0 Å². The molecule has 1 aromatic heterocycles. The van der Waals surface area contributed by atoms with E-state index >= 15 is 0 Å². The van der Waals surface area contributed by atoms with E-state index in [2.05, 4.69) is 48.2 Å². The Labute approximate surface area is 149 Å². The van der Waals surface area contributed by atoms with Gasteiger partial charge in [-0.3, -0.25) is 0 Å². The molecule has 3 nitrogen and oxygen atoms in total. The molecule has 0 aliphatic carbocycles. The van der Waals surface area contributed by atoms with E-state index < -0.39 is 0 Å². The first-order chi connectivity index (χ1) is 12.2. The number of furan rings is 1. The number of nitrogens with zero attached hydrogens (tertiary/aromatic N) is 1. The van der Waals surface area contributed by atoms with Crippen molar-refractivity contribution < 1.29 is 9.15 Å². The third kappa shape index (κ3) is 3.42. The summed E-state index contributed by atoms with van der Waals surface area (Å²) < 4.78 is 11.4. The van der Waals surface area contributed by atoms with Gasteiger partial charge in [-0.2, -0.15) is 0 Å². The van der Waals surface area contributed by atoms with Crippen LogP contribution in [0.2, 0.25) is 0 Å². The van der Waals surface area contributed by atoms with Crippen molar-refractivity contribution in [2.24, 2.45) is 0 Å². The maximum absolute atomic E-state index is 6.05. The van der Waals surface area contributed by atoms with Crippen LogP contribution >= 0.6 is 0 Å². The molecule has 3 heteroatoms. The molecule has 2 aromatic carbocycles. The molecule has 0 N–H and O–H groups in total. The average molecular weight is 335 g/mol. The van der Waals surface area contributed by atoms with Gasteiger partial charge in [0.1, 0.15) is 17.1 Å². The predicted molar refractivity (Wildman–Crippen MR) is 102 cm³/mol. The van der Waals surface area contributed by atoms with Crippen LogP contribution in [0.25, 0.3) is 22.1 Å². The molecular formula is C22H25NO2. The quantitative estimate of drug-likeness (QED) is 0.646. The van der Waals surface area contributed by atoms with Gasteiger partial charge in [-0.15, -0.1) is 0 Å². The maximum atomic E-state index is 6.05. The number of fused-ring (bicyclic) bond motifs is 1. The minimum Gasteiger partial charge on any atom is -0.497 e. The summed E-state index contributed by atoms with van der Waals surface area (Å²) in [5.41, 5.74) is 3.32. The van der Waals surface area contributed by atoms with Gasteiger partial charge in [-0.25, -0.2) is 0 Å². The number of likely N-dealkylation sites (tertiary alicyclic amines) is 1. The zero-order valence-corrected chi connectivity index (χ0v) is 15.0. The summed E-state index contributed by atoms with van der Waals surface area (Å²) in [6.07, 6.45) is 3.63. The van der Waals surface area contributed by atoms with Crippen LogP contribution in [0, 0.1) is 0 Å². The predicted octanol–water partition coefficient (Wildman–Crippen LogP) is 5.14. The lowest BCUT2D eigenvalue weighted by Gasteiger charge is -2.19. The first-order valence-corrected chi connectivity index (χ1v) is 9.14. The highest BCUT2D eigenvalue weighted by molar-refractivity contribution is 5.84. The number of methoxy groups -OCH3 is 1. The summed E-state index contributed by atoms with van der Waals surface area (Å²) in [4.78, 5) is 2.56. The molecule has 25 heavy (non-hydrogen) atoms. The zero-order chi connectivity index (χ0) is 17.2. The maximum Gasteiger partial charge on any atom is 0.134 e. The monoisotopic (exact) mass is 335 g/mol. The van der Waals surface area contributed by atoms with Crippen molar-refractivity contribution in [3.8, 4) is 16.9 Å². The van der Waals surface area contributed by atoms with E-state index in [1.54, 1.807) is 7.11 Å². The Morgan fingerprint density at radius 2 is 2.00 bits per heavy atom. The van der Waals surface area contributed by atoms with Gasteiger partial charge in [0.2, 0.25) is 0 Å². The minimum atomic E-state index is 0.712. The molecule has 1 saturated heterocycles. The SMILES string of the molecule is COc1cccc(-c2ccc3oc(CCN4CCCC4C)cc3c2)c1. The Morgan fingerprint density at radius 3 is 2.80 bits per heavy atom. The summed E-state index contributed by atoms with van der Waals surface area (Å²) in [5, 5.41) is 1.17. The van der Waals surface area contributed by atoms with Gasteiger partial charge < -0.3 is 14.1 Å². The van der Waals surface area contributed by atoms with E-state index in [0.717, 1.165) is 35.6 Å². The number of hydrogen-bond acceptors (Lipinski definition) is 3. The van der Waals surface area contributed by atoms with Gasteiger partial charge in [-0.05, 0) is 67.8 Å². The van der Waals surface area contributed by atoms with E-state index in [1.165, 1.54) is 30.3 Å². The molecule has 0 bridgehead atoms. The van der Waals surface area contributed by atoms with Crippen molar-refractivity contribution in [1.29, 1.82) is 0 Å². The fourth-order valence-electron chi connectivity index (χ4n) is 3.78. The molecule has 1 aliphatic heterocycles. The van der Waals surface area contributed by atoms with Gasteiger partial charge >= 0.3 is 0 Å². The molecule has 3 aromatic rings. The molecule has 1 aliphatic rings. The molecule has 1 fully saturated rings.